The van der Waals surface area contributed by atoms with Crippen LogP contribution in [0.5, 0.6) is 17.2 Å². The van der Waals surface area contributed by atoms with Crippen molar-refractivity contribution in [2.45, 2.75) is 20.2 Å². The zero-order valence-corrected chi connectivity index (χ0v) is 16.4. The van der Waals surface area contributed by atoms with Crippen molar-refractivity contribution in [2.24, 2.45) is 0 Å². The maximum Gasteiger partial charge on any atom is 0.573 e. The van der Waals surface area contributed by atoms with Crippen LogP contribution in [0, 0.1) is 19.7 Å². The van der Waals surface area contributed by atoms with E-state index in [4.69, 9.17) is 10.5 Å². The number of halogens is 4. The van der Waals surface area contributed by atoms with Crippen LogP contribution in [0.1, 0.15) is 21.6 Å². The molecule has 0 bridgehead atoms. The van der Waals surface area contributed by atoms with Crippen molar-refractivity contribution in [3.63, 3.8) is 0 Å². The number of nitrogens with two attached hydrogens (primary N) is 1. The van der Waals surface area contributed by atoms with E-state index in [1.54, 1.807) is 19.9 Å². The summed E-state index contributed by atoms with van der Waals surface area (Å²) in [6.45, 7) is 3.58. The van der Waals surface area contributed by atoms with Gasteiger partial charge in [-0.3, -0.25) is 4.79 Å². The normalized spacial score (nSPS) is 11.2. The van der Waals surface area contributed by atoms with Gasteiger partial charge in [-0.25, -0.2) is 4.98 Å². The third-order valence-electron chi connectivity index (χ3n) is 4.23. The molecule has 0 aliphatic carbocycles. The lowest BCUT2D eigenvalue weighted by Gasteiger charge is -2.13. The lowest BCUT2D eigenvalue weighted by Crippen LogP contribution is -2.18. The number of rotatable bonds is 5. The number of alkyl halides is 3. The zero-order chi connectivity index (χ0) is 22.8. The van der Waals surface area contributed by atoms with Crippen LogP contribution in [0.25, 0.3) is 0 Å². The van der Waals surface area contributed by atoms with Crippen LogP contribution < -0.4 is 20.5 Å². The van der Waals surface area contributed by atoms with Crippen molar-refractivity contribution < 1.29 is 31.8 Å². The Balaban J connectivity index is 1.72. The number of hydrogen-bond donors (Lipinski definition) is 2. The van der Waals surface area contributed by atoms with Gasteiger partial charge in [-0.05, 0) is 61.9 Å². The van der Waals surface area contributed by atoms with Gasteiger partial charge in [0.25, 0.3) is 5.91 Å². The Hall–Kier alpha value is -3.82. The van der Waals surface area contributed by atoms with Gasteiger partial charge >= 0.3 is 6.36 Å². The standard InChI is InChI=1S/C21H17F4N3O3/c1-11-10-15(19(26)27-12(11)2)20(29)28-13-6-8-14(9-7-13)30-16-4-3-5-17(18(16)22)31-21(23,24)25/h3-10H,1-2H3,(H2,26,27)(H,28,29). The molecule has 0 aliphatic rings. The minimum Gasteiger partial charge on any atom is -0.454 e. The number of aryl methyl sites for hydroxylation is 2. The van der Waals surface area contributed by atoms with Crippen LogP contribution in [-0.2, 0) is 0 Å². The number of aromatic nitrogens is 1. The first kappa shape index (κ1) is 21.9. The molecule has 0 saturated carbocycles. The highest BCUT2D eigenvalue weighted by molar-refractivity contribution is 6.07. The number of hydrogen-bond acceptors (Lipinski definition) is 5. The molecule has 0 fully saturated rings. The molecule has 10 heteroatoms. The van der Waals surface area contributed by atoms with Gasteiger partial charge in [0, 0.05) is 11.4 Å². The van der Waals surface area contributed by atoms with Crippen molar-refractivity contribution >= 4 is 17.4 Å². The van der Waals surface area contributed by atoms with Gasteiger partial charge in [-0.1, -0.05) is 6.07 Å². The highest BCUT2D eigenvalue weighted by Gasteiger charge is 2.33. The lowest BCUT2D eigenvalue weighted by atomic mass is 10.1. The molecule has 0 unspecified atom stereocenters. The average molecular weight is 435 g/mol. The molecule has 3 N–H and O–H groups in total. The monoisotopic (exact) mass is 435 g/mol. The summed E-state index contributed by atoms with van der Waals surface area (Å²) in [5, 5.41) is 2.65. The molecule has 1 amide bonds. The molecule has 0 atom stereocenters. The largest absolute Gasteiger partial charge is 0.573 e. The smallest absolute Gasteiger partial charge is 0.454 e. The molecule has 162 valence electrons. The molecule has 3 rings (SSSR count). The molecule has 0 saturated heterocycles. The summed E-state index contributed by atoms with van der Waals surface area (Å²) in [5.74, 6) is -2.99. The van der Waals surface area contributed by atoms with E-state index < -0.39 is 29.6 Å². The highest BCUT2D eigenvalue weighted by Crippen LogP contribution is 2.33. The Morgan fingerprint density at radius 1 is 1.06 bits per heavy atom. The number of benzene rings is 2. The van der Waals surface area contributed by atoms with Crippen molar-refractivity contribution in [3.8, 4) is 17.2 Å². The molecule has 0 radical (unpaired) electrons. The van der Waals surface area contributed by atoms with E-state index in [9.17, 15) is 22.4 Å². The van der Waals surface area contributed by atoms with E-state index in [1.165, 1.54) is 24.3 Å². The van der Waals surface area contributed by atoms with Crippen molar-refractivity contribution in [2.75, 3.05) is 11.1 Å². The average Bonchev–Trinajstić information content (AvgIpc) is 2.68. The molecular formula is C21H17F4N3O3. The first-order chi connectivity index (χ1) is 14.5. The van der Waals surface area contributed by atoms with Crippen molar-refractivity contribution in [1.82, 2.24) is 4.98 Å². The van der Waals surface area contributed by atoms with Gasteiger partial charge in [-0.2, -0.15) is 4.39 Å². The van der Waals surface area contributed by atoms with Crippen LogP contribution in [0.2, 0.25) is 0 Å². The lowest BCUT2D eigenvalue weighted by molar-refractivity contribution is -0.275. The fourth-order valence-corrected chi connectivity index (χ4v) is 2.61. The van der Waals surface area contributed by atoms with Crippen LogP contribution in [0.4, 0.5) is 29.1 Å². The Labute approximate surface area is 174 Å². The number of carbonyl (C=O) groups is 1. The number of anilines is 2. The van der Waals surface area contributed by atoms with E-state index in [1.807, 2.05) is 0 Å². The third-order valence-corrected chi connectivity index (χ3v) is 4.23. The van der Waals surface area contributed by atoms with E-state index in [0.29, 0.717) is 11.4 Å². The second-order valence-corrected chi connectivity index (χ2v) is 6.52. The van der Waals surface area contributed by atoms with Gasteiger partial charge in [0.1, 0.15) is 11.6 Å². The Kier molecular flexibility index (Phi) is 6.00. The van der Waals surface area contributed by atoms with E-state index in [2.05, 4.69) is 15.0 Å². The SMILES string of the molecule is Cc1cc(C(=O)Nc2ccc(Oc3cccc(OC(F)(F)F)c3F)cc2)c(N)nc1C. The fraction of sp³-hybridized carbons (Fsp3) is 0.143. The molecule has 2 aromatic carbocycles. The van der Waals surface area contributed by atoms with Gasteiger partial charge in [-0.15, -0.1) is 13.2 Å². The maximum absolute atomic E-state index is 14.2. The highest BCUT2D eigenvalue weighted by atomic mass is 19.4. The van der Waals surface area contributed by atoms with Crippen LogP contribution >= 0.6 is 0 Å². The summed E-state index contributed by atoms with van der Waals surface area (Å²) >= 11 is 0. The number of nitrogens with zero attached hydrogens (tertiary/aromatic N) is 1. The number of carbonyl (C=O) groups excluding carboxylic acids is 1. The summed E-state index contributed by atoms with van der Waals surface area (Å²) in [4.78, 5) is 16.6. The fourth-order valence-electron chi connectivity index (χ4n) is 2.61. The number of ether oxygens (including phenoxy) is 2. The number of pyridine rings is 1. The second kappa shape index (κ2) is 8.50. The van der Waals surface area contributed by atoms with Crippen molar-refractivity contribution in [3.05, 3.63) is 71.2 Å². The quantitative estimate of drug-likeness (QED) is 0.527. The number of nitrogens with one attached hydrogen (secondary N) is 1. The second-order valence-electron chi connectivity index (χ2n) is 6.52. The summed E-state index contributed by atoms with van der Waals surface area (Å²) in [5.41, 5.74) is 7.94. The van der Waals surface area contributed by atoms with Crippen molar-refractivity contribution in [1.29, 1.82) is 0 Å². The van der Waals surface area contributed by atoms with Gasteiger partial charge < -0.3 is 20.5 Å². The molecule has 1 aromatic heterocycles. The van der Waals surface area contributed by atoms with Crippen LogP contribution in [-0.4, -0.2) is 17.3 Å². The first-order valence-electron chi connectivity index (χ1n) is 8.91. The minimum absolute atomic E-state index is 0.0944. The number of nitrogen functional groups attached to an aromatic ring is 1. The predicted molar refractivity (Wildman–Crippen MR) is 106 cm³/mol. The maximum atomic E-state index is 14.2. The Morgan fingerprint density at radius 3 is 2.35 bits per heavy atom. The van der Waals surface area contributed by atoms with Gasteiger partial charge in [0.05, 0.1) is 5.56 Å². The molecule has 6 nitrogen and oxygen atoms in total. The van der Waals surface area contributed by atoms with Gasteiger partial charge in [0.2, 0.25) is 5.82 Å². The molecule has 0 aliphatic heterocycles. The summed E-state index contributed by atoms with van der Waals surface area (Å²) in [7, 11) is 0. The first-order valence-corrected chi connectivity index (χ1v) is 8.91. The molecular weight excluding hydrogens is 418 g/mol. The molecule has 3 aromatic rings. The Bertz CT molecular complexity index is 1120. The number of amides is 1. The molecule has 31 heavy (non-hydrogen) atoms. The van der Waals surface area contributed by atoms with Crippen LogP contribution in [0.3, 0.4) is 0 Å². The Morgan fingerprint density at radius 2 is 1.71 bits per heavy atom. The summed E-state index contributed by atoms with van der Waals surface area (Å²) in [6, 6.07) is 10.6. The zero-order valence-electron chi connectivity index (χ0n) is 16.4. The predicted octanol–water partition coefficient (Wildman–Crippen LogP) is 5.36. The summed E-state index contributed by atoms with van der Waals surface area (Å²) in [6.07, 6.45) is -5.03. The topological polar surface area (TPSA) is 86.5 Å². The van der Waals surface area contributed by atoms with E-state index >= 15 is 0 Å². The van der Waals surface area contributed by atoms with E-state index in [-0.39, 0.29) is 17.1 Å². The van der Waals surface area contributed by atoms with Gasteiger partial charge in [0.15, 0.2) is 11.5 Å². The third kappa shape index (κ3) is 5.41. The summed E-state index contributed by atoms with van der Waals surface area (Å²) < 4.78 is 60.1. The molecule has 0 spiro atoms. The van der Waals surface area contributed by atoms with Crippen LogP contribution in [0.15, 0.2) is 48.5 Å². The van der Waals surface area contributed by atoms with E-state index in [0.717, 1.165) is 23.8 Å². The minimum atomic E-state index is -5.03. The molecule has 1 heterocycles.